The highest BCUT2D eigenvalue weighted by molar-refractivity contribution is 4.61. The van der Waals surface area contributed by atoms with Gasteiger partial charge in [0.1, 0.15) is 0 Å². The van der Waals surface area contributed by atoms with Crippen molar-refractivity contribution in [3.8, 4) is 0 Å². The van der Waals surface area contributed by atoms with Crippen molar-refractivity contribution in [2.24, 2.45) is 11.8 Å². The molecule has 2 heteroatoms. The van der Waals surface area contributed by atoms with Crippen LogP contribution in [0.3, 0.4) is 0 Å². The molecule has 0 heterocycles. The van der Waals surface area contributed by atoms with E-state index in [0.29, 0.717) is 18.4 Å². The summed E-state index contributed by atoms with van der Waals surface area (Å²) < 4.78 is 5.61. The molecular formula is C14H30O2. The molecule has 3 unspecified atom stereocenters. The maximum absolute atomic E-state index is 9.93. The number of aliphatic hydroxyl groups is 1. The fourth-order valence-electron chi connectivity index (χ4n) is 2.10. The normalized spacial score (nSPS) is 17.1. The molecule has 0 spiro atoms. The number of rotatable bonds is 10. The molecule has 0 rings (SSSR count). The van der Waals surface area contributed by atoms with Gasteiger partial charge in [0, 0.05) is 5.92 Å². The van der Waals surface area contributed by atoms with Crippen molar-refractivity contribution in [2.75, 3.05) is 6.61 Å². The lowest BCUT2D eigenvalue weighted by Crippen LogP contribution is -2.25. The van der Waals surface area contributed by atoms with Gasteiger partial charge in [-0.1, -0.05) is 47.0 Å². The Labute approximate surface area is 101 Å². The van der Waals surface area contributed by atoms with Crippen molar-refractivity contribution in [1.82, 2.24) is 0 Å². The van der Waals surface area contributed by atoms with Crippen LogP contribution in [0.15, 0.2) is 0 Å². The molecule has 0 aromatic rings. The molecule has 0 saturated heterocycles. The van der Waals surface area contributed by atoms with Crippen LogP contribution in [-0.2, 0) is 4.74 Å². The third-order valence-corrected chi connectivity index (χ3v) is 3.36. The molecular weight excluding hydrogens is 200 g/mol. The van der Waals surface area contributed by atoms with Crippen LogP contribution in [-0.4, -0.2) is 18.0 Å². The standard InChI is InChI=1S/C14H30O2/c1-5-9-12(7-3)11-16-14(15)13(8-4)10-6-2/h12-15H,5-11H2,1-4H3. The second-order valence-corrected chi connectivity index (χ2v) is 4.74. The first-order valence-corrected chi connectivity index (χ1v) is 6.99. The summed E-state index contributed by atoms with van der Waals surface area (Å²) in [5, 5.41) is 9.93. The van der Waals surface area contributed by atoms with E-state index in [2.05, 4.69) is 27.7 Å². The zero-order valence-corrected chi connectivity index (χ0v) is 11.5. The zero-order chi connectivity index (χ0) is 12.4. The van der Waals surface area contributed by atoms with E-state index in [1.54, 1.807) is 0 Å². The Balaban J connectivity index is 3.87. The summed E-state index contributed by atoms with van der Waals surface area (Å²) in [6.07, 6.45) is 6.16. The molecule has 0 aliphatic heterocycles. The molecule has 0 aromatic carbocycles. The third-order valence-electron chi connectivity index (χ3n) is 3.36. The molecule has 0 bridgehead atoms. The van der Waals surface area contributed by atoms with E-state index >= 15 is 0 Å². The van der Waals surface area contributed by atoms with Crippen molar-refractivity contribution in [1.29, 1.82) is 0 Å². The van der Waals surface area contributed by atoms with Crippen molar-refractivity contribution >= 4 is 0 Å². The van der Waals surface area contributed by atoms with Gasteiger partial charge >= 0.3 is 0 Å². The van der Waals surface area contributed by atoms with Gasteiger partial charge in [-0.15, -0.1) is 0 Å². The topological polar surface area (TPSA) is 29.5 Å². The average molecular weight is 230 g/mol. The third kappa shape index (κ3) is 6.49. The highest BCUT2D eigenvalue weighted by Crippen LogP contribution is 2.19. The first-order valence-electron chi connectivity index (χ1n) is 6.99. The number of ether oxygens (including phenoxy) is 1. The lowest BCUT2D eigenvalue weighted by atomic mass is 9.99. The Morgan fingerprint density at radius 1 is 0.938 bits per heavy atom. The SMILES string of the molecule is CCCC(CC)COC(O)C(CC)CCC. The van der Waals surface area contributed by atoms with E-state index in [-0.39, 0.29) is 0 Å². The van der Waals surface area contributed by atoms with Gasteiger partial charge in [0.15, 0.2) is 6.29 Å². The number of hydrogen-bond acceptors (Lipinski definition) is 2. The van der Waals surface area contributed by atoms with Crippen molar-refractivity contribution in [3.05, 3.63) is 0 Å². The largest absolute Gasteiger partial charge is 0.368 e. The number of hydrogen-bond donors (Lipinski definition) is 1. The van der Waals surface area contributed by atoms with Crippen LogP contribution in [0.25, 0.3) is 0 Å². The summed E-state index contributed by atoms with van der Waals surface area (Å²) in [6, 6.07) is 0. The highest BCUT2D eigenvalue weighted by Gasteiger charge is 2.18. The number of aliphatic hydroxyl groups excluding tert-OH is 1. The smallest absolute Gasteiger partial charge is 0.157 e. The van der Waals surface area contributed by atoms with Gasteiger partial charge in [0.2, 0.25) is 0 Å². The molecule has 0 aromatic heterocycles. The van der Waals surface area contributed by atoms with E-state index < -0.39 is 6.29 Å². The molecule has 98 valence electrons. The van der Waals surface area contributed by atoms with Gasteiger partial charge in [0.25, 0.3) is 0 Å². The summed E-state index contributed by atoms with van der Waals surface area (Å²) in [5.74, 6) is 0.919. The summed E-state index contributed by atoms with van der Waals surface area (Å²) in [4.78, 5) is 0. The van der Waals surface area contributed by atoms with Crippen LogP contribution in [0.4, 0.5) is 0 Å². The molecule has 0 aliphatic carbocycles. The Morgan fingerprint density at radius 3 is 2.00 bits per heavy atom. The lowest BCUT2D eigenvalue weighted by molar-refractivity contribution is -0.145. The minimum absolute atomic E-state index is 0.309. The van der Waals surface area contributed by atoms with E-state index in [0.717, 1.165) is 25.7 Å². The average Bonchev–Trinajstić information content (AvgIpc) is 2.30. The van der Waals surface area contributed by atoms with E-state index in [9.17, 15) is 5.11 Å². The Morgan fingerprint density at radius 2 is 1.56 bits per heavy atom. The van der Waals surface area contributed by atoms with E-state index in [1.807, 2.05) is 0 Å². The van der Waals surface area contributed by atoms with Gasteiger partial charge in [0.05, 0.1) is 6.61 Å². The highest BCUT2D eigenvalue weighted by atomic mass is 16.6. The lowest BCUT2D eigenvalue weighted by Gasteiger charge is -2.23. The monoisotopic (exact) mass is 230 g/mol. The minimum atomic E-state index is -0.559. The molecule has 3 atom stereocenters. The van der Waals surface area contributed by atoms with Crippen molar-refractivity contribution in [3.63, 3.8) is 0 Å². The predicted molar refractivity (Wildman–Crippen MR) is 69.3 cm³/mol. The Bertz CT molecular complexity index is 148. The second kappa shape index (κ2) is 10.1. The first kappa shape index (κ1) is 15.9. The zero-order valence-electron chi connectivity index (χ0n) is 11.5. The molecule has 1 N–H and O–H groups in total. The summed E-state index contributed by atoms with van der Waals surface area (Å²) in [6.45, 7) is 9.38. The Hall–Kier alpha value is -0.0800. The quantitative estimate of drug-likeness (QED) is 0.575. The minimum Gasteiger partial charge on any atom is -0.368 e. The van der Waals surface area contributed by atoms with Crippen LogP contribution in [0.2, 0.25) is 0 Å². The van der Waals surface area contributed by atoms with E-state index in [4.69, 9.17) is 4.74 Å². The maximum Gasteiger partial charge on any atom is 0.157 e. The van der Waals surface area contributed by atoms with Crippen molar-refractivity contribution < 1.29 is 9.84 Å². The molecule has 0 radical (unpaired) electrons. The van der Waals surface area contributed by atoms with Gasteiger partial charge in [-0.3, -0.25) is 0 Å². The Kier molecular flexibility index (Phi) is 10.0. The fourth-order valence-corrected chi connectivity index (χ4v) is 2.10. The summed E-state index contributed by atoms with van der Waals surface area (Å²) >= 11 is 0. The predicted octanol–water partition coefficient (Wildman–Crippen LogP) is 3.97. The fraction of sp³-hybridized carbons (Fsp3) is 1.00. The maximum atomic E-state index is 9.93. The van der Waals surface area contributed by atoms with Crippen LogP contribution >= 0.6 is 0 Å². The first-order chi connectivity index (χ1) is 7.69. The molecule has 0 aliphatic rings. The molecule has 16 heavy (non-hydrogen) atoms. The molecule has 0 fully saturated rings. The second-order valence-electron chi connectivity index (χ2n) is 4.74. The van der Waals surface area contributed by atoms with Crippen LogP contribution < -0.4 is 0 Å². The van der Waals surface area contributed by atoms with Gasteiger partial charge in [-0.25, -0.2) is 0 Å². The molecule has 2 nitrogen and oxygen atoms in total. The van der Waals surface area contributed by atoms with Gasteiger partial charge in [-0.05, 0) is 25.2 Å². The summed E-state index contributed by atoms with van der Waals surface area (Å²) in [7, 11) is 0. The van der Waals surface area contributed by atoms with Crippen LogP contribution in [0, 0.1) is 11.8 Å². The molecule has 0 amide bonds. The van der Waals surface area contributed by atoms with Crippen LogP contribution in [0.5, 0.6) is 0 Å². The van der Waals surface area contributed by atoms with Gasteiger partial charge < -0.3 is 9.84 Å². The van der Waals surface area contributed by atoms with E-state index in [1.165, 1.54) is 12.8 Å². The van der Waals surface area contributed by atoms with Crippen LogP contribution in [0.1, 0.15) is 66.2 Å². The van der Waals surface area contributed by atoms with Crippen molar-refractivity contribution in [2.45, 2.75) is 72.5 Å². The summed E-state index contributed by atoms with van der Waals surface area (Å²) in [5.41, 5.74) is 0. The molecule has 0 saturated carbocycles. The van der Waals surface area contributed by atoms with Gasteiger partial charge in [-0.2, -0.15) is 0 Å².